The van der Waals surface area contributed by atoms with Crippen molar-refractivity contribution in [3.05, 3.63) is 42.1 Å². The number of carbonyl (C=O) groups excluding carboxylic acids is 1. The maximum Gasteiger partial charge on any atom is 0.278 e. The minimum atomic E-state index is -0.127. The number of anilines is 1. The molecule has 2 aromatic rings. The quantitative estimate of drug-likeness (QED) is 0.852. The number of hydrogen-bond acceptors (Lipinski definition) is 5. The average Bonchev–Trinajstić information content (AvgIpc) is 2.72. The van der Waals surface area contributed by atoms with Crippen molar-refractivity contribution in [1.29, 1.82) is 0 Å². The van der Waals surface area contributed by atoms with Crippen molar-refractivity contribution in [2.75, 3.05) is 18.6 Å². The van der Waals surface area contributed by atoms with Gasteiger partial charge in [0.25, 0.3) is 5.91 Å². The van der Waals surface area contributed by atoms with E-state index in [4.69, 9.17) is 4.74 Å². The lowest BCUT2D eigenvalue weighted by molar-refractivity contribution is 0.0980. The van der Waals surface area contributed by atoms with E-state index in [1.165, 1.54) is 7.11 Å². The lowest BCUT2D eigenvalue weighted by Gasteiger charge is -2.21. The summed E-state index contributed by atoms with van der Waals surface area (Å²) < 4.78 is 4.98. The van der Waals surface area contributed by atoms with Crippen molar-refractivity contribution in [1.82, 2.24) is 10.2 Å². The Kier molecular flexibility index (Phi) is 4.29. The molecule has 6 heteroatoms. The molecular weight excluding hydrogens is 298 g/mol. The second-order valence-electron chi connectivity index (χ2n) is 5.10. The Hall–Kier alpha value is -2.08. The zero-order valence-corrected chi connectivity index (χ0v) is 13.3. The SMILES string of the molecule is COc1ccc(C(=O)N2CC[C@@H](C)Sc3ccccc32)nn1. The molecule has 0 radical (unpaired) electrons. The van der Waals surface area contributed by atoms with Crippen LogP contribution in [0.4, 0.5) is 5.69 Å². The van der Waals surface area contributed by atoms with Gasteiger partial charge in [-0.1, -0.05) is 19.1 Å². The standard InChI is InChI=1S/C16H17N3O2S/c1-11-9-10-19(13-5-3-4-6-14(13)22-11)16(20)12-7-8-15(21-2)18-17-12/h3-8,11H,9-10H2,1-2H3/t11-/m1/s1. The summed E-state index contributed by atoms with van der Waals surface area (Å²) in [5, 5.41) is 8.33. The van der Waals surface area contributed by atoms with Gasteiger partial charge in [-0.05, 0) is 24.6 Å². The molecule has 0 saturated heterocycles. The van der Waals surface area contributed by atoms with Crippen molar-refractivity contribution < 1.29 is 9.53 Å². The number of aromatic nitrogens is 2. The number of ether oxygens (including phenoxy) is 1. The fourth-order valence-electron chi connectivity index (χ4n) is 2.38. The summed E-state index contributed by atoms with van der Waals surface area (Å²) >= 11 is 1.81. The van der Waals surface area contributed by atoms with Gasteiger partial charge in [0.2, 0.25) is 5.88 Å². The Morgan fingerprint density at radius 3 is 2.82 bits per heavy atom. The van der Waals surface area contributed by atoms with Crippen molar-refractivity contribution in [2.24, 2.45) is 0 Å². The van der Waals surface area contributed by atoms with Crippen LogP contribution >= 0.6 is 11.8 Å². The molecular formula is C16H17N3O2S. The number of carbonyl (C=O) groups is 1. The third-order valence-electron chi connectivity index (χ3n) is 3.56. The maximum atomic E-state index is 12.8. The van der Waals surface area contributed by atoms with Crippen LogP contribution in [-0.2, 0) is 0 Å². The summed E-state index contributed by atoms with van der Waals surface area (Å²) in [6, 6.07) is 11.3. The van der Waals surface area contributed by atoms with Crippen molar-refractivity contribution in [2.45, 2.75) is 23.5 Å². The lowest BCUT2D eigenvalue weighted by atomic mass is 10.2. The van der Waals surface area contributed by atoms with Gasteiger partial charge in [0.05, 0.1) is 12.8 Å². The Morgan fingerprint density at radius 1 is 1.27 bits per heavy atom. The van der Waals surface area contributed by atoms with E-state index in [-0.39, 0.29) is 5.91 Å². The highest BCUT2D eigenvalue weighted by molar-refractivity contribution is 8.00. The Balaban J connectivity index is 1.94. The van der Waals surface area contributed by atoms with Gasteiger partial charge in [-0.25, -0.2) is 0 Å². The molecule has 5 nitrogen and oxygen atoms in total. The van der Waals surface area contributed by atoms with Gasteiger partial charge < -0.3 is 9.64 Å². The van der Waals surface area contributed by atoms with E-state index in [2.05, 4.69) is 23.2 Å². The van der Waals surface area contributed by atoms with Crippen LogP contribution in [0.25, 0.3) is 0 Å². The Morgan fingerprint density at radius 2 is 2.09 bits per heavy atom. The molecule has 1 aromatic carbocycles. The highest BCUT2D eigenvalue weighted by Gasteiger charge is 2.25. The molecule has 1 aliphatic rings. The lowest BCUT2D eigenvalue weighted by Crippen LogP contribution is -2.33. The minimum Gasteiger partial charge on any atom is -0.480 e. The third kappa shape index (κ3) is 2.92. The number of para-hydroxylation sites is 1. The molecule has 0 aliphatic carbocycles. The predicted molar refractivity (Wildman–Crippen MR) is 86.6 cm³/mol. The van der Waals surface area contributed by atoms with E-state index in [0.717, 1.165) is 17.0 Å². The van der Waals surface area contributed by atoms with E-state index in [1.807, 2.05) is 18.2 Å². The number of rotatable bonds is 2. The van der Waals surface area contributed by atoms with Crippen LogP contribution < -0.4 is 9.64 Å². The van der Waals surface area contributed by atoms with Gasteiger partial charge in [0.15, 0.2) is 5.69 Å². The first kappa shape index (κ1) is 14.8. The van der Waals surface area contributed by atoms with Gasteiger partial charge in [0, 0.05) is 22.8 Å². The maximum absolute atomic E-state index is 12.8. The summed E-state index contributed by atoms with van der Waals surface area (Å²) in [4.78, 5) is 15.7. The molecule has 0 saturated carbocycles. The molecule has 0 bridgehead atoms. The topological polar surface area (TPSA) is 55.3 Å². The number of benzene rings is 1. The van der Waals surface area contributed by atoms with Crippen LogP contribution in [0.15, 0.2) is 41.3 Å². The van der Waals surface area contributed by atoms with Gasteiger partial charge in [0.1, 0.15) is 0 Å². The molecule has 114 valence electrons. The van der Waals surface area contributed by atoms with Crippen LogP contribution in [0.3, 0.4) is 0 Å². The second kappa shape index (κ2) is 6.36. The number of methoxy groups -OCH3 is 1. The Bertz CT molecular complexity index is 675. The summed E-state index contributed by atoms with van der Waals surface area (Å²) in [5.41, 5.74) is 1.27. The monoisotopic (exact) mass is 315 g/mol. The predicted octanol–water partition coefficient (Wildman–Crippen LogP) is 3.02. The minimum absolute atomic E-state index is 0.127. The third-order valence-corrected chi connectivity index (χ3v) is 4.79. The smallest absolute Gasteiger partial charge is 0.278 e. The first-order valence-electron chi connectivity index (χ1n) is 7.14. The molecule has 0 fully saturated rings. The molecule has 1 aromatic heterocycles. The number of amides is 1. The summed E-state index contributed by atoms with van der Waals surface area (Å²) in [6.07, 6.45) is 0.939. The molecule has 2 heterocycles. The van der Waals surface area contributed by atoms with Crippen LogP contribution in [-0.4, -0.2) is 35.0 Å². The van der Waals surface area contributed by atoms with Gasteiger partial charge >= 0.3 is 0 Å². The summed E-state index contributed by atoms with van der Waals surface area (Å²) in [5.74, 6) is 0.272. The zero-order valence-electron chi connectivity index (χ0n) is 12.5. The molecule has 22 heavy (non-hydrogen) atoms. The molecule has 0 unspecified atom stereocenters. The highest BCUT2D eigenvalue weighted by Crippen LogP contribution is 2.37. The van der Waals surface area contributed by atoms with Crippen LogP contribution in [0.2, 0.25) is 0 Å². The molecule has 0 N–H and O–H groups in total. The Labute approximate surface area is 133 Å². The fraction of sp³-hybridized carbons (Fsp3) is 0.312. The molecule has 1 amide bonds. The second-order valence-corrected chi connectivity index (χ2v) is 6.58. The van der Waals surface area contributed by atoms with Gasteiger partial charge in [-0.2, -0.15) is 0 Å². The fourth-order valence-corrected chi connectivity index (χ4v) is 3.49. The number of fused-ring (bicyclic) bond motifs is 1. The number of nitrogens with zero attached hydrogens (tertiary/aromatic N) is 3. The number of hydrogen-bond donors (Lipinski definition) is 0. The zero-order chi connectivity index (χ0) is 15.5. The molecule has 1 aliphatic heterocycles. The van der Waals surface area contributed by atoms with Crippen molar-refractivity contribution >= 4 is 23.4 Å². The van der Waals surface area contributed by atoms with E-state index in [1.54, 1.807) is 28.8 Å². The van der Waals surface area contributed by atoms with E-state index in [0.29, 0.717) is 23.4 Å². The molecule has 1 atom stereocenters. The largest absolute Gasteiger partial charge is 0.480 e. The van der Waals surface area contributed by atoms with Crippen LogP contribution in [0, 0.1) is 0 Å². The van der Waals surface area contributed by atoms with E-state index >= 15 is 0 Å². The van der Waals surface area contributed by atoms with Crippen LogP contribution in [0.1, 0.15) is 23.8 Å². The first-order valence-corrected chi connectivity index (χ1v) is 8.02. The molecule has 0 spiro atoms. The normalized spacial score (nSPS) is 17.5. The summed E-state index contributed by atoms with van der Waals surface area (Å²) in [7, 11) is 1.52. The summed E-state index contributed by atoms with van der Waals surface area (Å²) in [6.45, 7) is 2.86. The first-order chi connectivity index (χ1) is 10.7. The molecule has 3 rings (SSSR count). The van der Waals surface area contributed by atoms with Crippen molar-refractivity contribution in [3.8, 4) is 5.88 Å². The number of thioether (sulfide) groups is 1. The van der Waals surface area contributed by atoms with Gasteiger partial charge in [-0.3, -0.25) is 4.79 Å². The highest BCUT2D eigenvalue weighted by atomic mass is 32.2. The van der Waals surface area contributed by atoms with Gasteiger partial charge in [-0.15, -0.1) is 22.0 Å². The van der Waals surface area contributed by atoms with E-state index < -0.39 is 0 Å². The van der Waals surface area contributed by atoms with Crippen molar-refractivity contribution in [3.63, 3.8) is 0 Å². The van der Waals surface area contributed by atoms with Crippen LogP contribution in [0.5, 0.6) is 5.88 Å². The average molecular weight is 315 g/mol. The van der Waals surface area contributed by atoms with E-state index in [9.17, 15) is 4.79 Å².